The molecule has 142 valence electrons. The normalized spacial score (nSPS) is 14.7. The summed E-state index contributed by atoms with van der Waals surface area (Å²) < 4.78 is 13.1. The van der Waals surface area contributed by atoms with Crippen molar-refractivity contribution in [2.24, 2.45) is 5.92 Å². The van der Waals surface area contributed by atoms with Crippen molar-refractivity contribution in [3.05, 3.63) is 71.5 Å². The molecule has 1 N–H and O–H groups in total. The molecule has 1 saturated carbocycles. The maximum absolute atomic E-state index is 13.2. The van der Waals surface area contributed by atoms with Gasteiger partial charge in [0.15, 0.2) is 0 Å². The molecule has 1 aliphatic carbocycles. The van der Waals surface area contributed by atoms with Crippen molar-refractivity contribution >= 4 is 11.8 Å². The average molecular weight is 368 g/mol. The van der Waals surface area contributed by atoms with Crippen molar-refractivity contribution in [2.75, 3.05) is 0 Å². The molecule has 0 bridgehead atoms. The topological polar surface area (TPSA) is 49.4 Å². The Hall–Kier alpha value is -2.69. The molecule has 2 aromatic rings. The first-order chi connectivity index (χ1) is 13.0. The van der Waals surface area contributed by atoms with E-state index in [2.05, 4.69) is 5.32 Å². The van der Waals surface area contributed by atoms with Gasteiger partial charge in [-0.15, -0.1) is 0 Å². The van der Waals surface area contributed by atoms with Crippen LogP contribution in [0.4, 0.5) is 4.39 Å². The Morgan fingerprint density at radius 2 is 1.70 bits per heavy atom. The summed E-state index contributed by atoms with van der Waals surface area (Å²) in [7, 11) is 0. The number of nitrogens with one attached hydrogen (secondary N) is 1. The highest BCUT2D eigenvalue weighted by Crippen LogP contribution is 2.29. The maximum atomic E-state index is 13.2. The van der Waals surface area contributed by atoms with Crippen LogP contribution >= 0.6 is 0 Å². The van der Waals surface area contributed by atoms with E-state index in [4.69, 9.17) is 0 Å². The lowest BCUT2D eigenvalue weighted by Gasteiger charge is -2.30. The van der Waals surface area contributed by atoms with E-state index >= 15 is 0 Å². The number of nitrogens with zero attached hydrogens (tertiary/aromatic N) is 1. The Kier molecular flexibility index (Phi) is 5.89. The van der Waals surface area contributed by atoms with Crippen molar-refractivity contribution in [3.63, 3.8) is 0 Å². The van der Waals surface area contributed by atoms with E-state index in [-0.39, 0.29) is 23.8 Å². The first-order valence-electron chi connectivity index (χ1n) is 9.36. The van der Waals surface area contributed by atoms with Crippen LogP contribution in [0.2, 0.25) is 0 Å². The number of benzene rings is 2. The maximum Gasteiger partial charge on any atom is 0.251 e. The second-order valence-electron chi connectivity index (χ2n) is 7.38. The van der Waals surface area contributed by atoms with Crippen LogP contribution in [0.3, 0.4) is 0 Å². The van der Waals surface area contributed by atoms with Crippen LogP contribution < -0.4 is 5.32 Å². The summed E-state index contributed by atoms with van der Waals surface area (Å²) in [4.78, 5) is 27.7. The largest absolute Gasteiger partial charge is 0.340 e. The lowest BCUT2D eigenvalue weighted by molar-refractivity contribution is -0.135. The summed E-state index contributed by atoms with van der Waals surface area (Å²) in [6.07, 6.45) is 1.99. The van der Waals surface area contributed by atoms with Gasteiger partial charge in [0.05, 0.1) is 0 Å². The fourth-order valence-electron chi connectivity index (χ4n) is 3.07. The molecule has 1 unspecified atom stereocenters. The molecule has 1 aliphatic rings. The molecular weight excluding hydrogens is 343 g/mol. The lowest BCUT2D eigenvalue weighted by Crippen LogP contribution is -2.51. The summed E-state index contributed by atoms with van der Waals surface area (Å²) in [5, 5.41) is 2.85. The highest BCUT2D eigenvalue weighted by atomic mass is 19.1. The Morgan fingerprint density at radius 3 is 2.26 bits per heavy atom. The minimum absolute atomic E-state index is 0.0566. The second kappa shape index (κ2) is 8.33. The minimum Gasteiger partial charge on any atom is -0.340 e. The van der Waals surface area contributed by atoms with Gasteiger partial charge in [-0.3, -0.25) is 9.59 Å². The number of amides is 2. The van der Waals surface area contributed by atoms with Crippen LogP contribution in [-0.2, 0) is 11.3 Å². The van der Waals surface area contributed by atoms with Gasteiger partial charge in [0.25, 0.3) is 5.91 Å². The SMILES string of the molecule is CC(C)C(NC(=O)c1ccc(F)cc1)C(=O)N(Cc1ccccc1)C1CC1. The van der Waals surface area contributed by atoms with Gasteiger partial charge in [0, 0.05) is 18.2 Å². The second-order valence-corrected chi connectivity index (χ2v) is 7.38. The number of hydrogen-bond donors (Lipinski definition) is 1. The summed E-state index contributed by atoms with van der Waals surface area (Å²) in [5.74, 6) is -0.881. The average Bonchev–Trinajstić information content (AvgIpc) is 3.49. The van der Waals surface area contributed by atoms with E-state index in [0.29, 0.717) is 12.1 Å². The molecule has 3 rings (SSSR count). The summed E-state index contributed by atoms with van der Waals surface area (Å²) >= 11 is 0. The van der Waals surface area contributed by atoms with E-state index in [0.717, 1.165) is 18.4 Å². The summed E-state index contributed by atoms with van der Waals surface area (Å²) in [5.41, 5.74) is 1.42. The van der Waals surface area contributed by atoms with Crippen molar-refractivity contribution in [1.82, 2.24) is 10.2 Å². The fraction of sp³-hybridized carbons (Fsp3) is 0.364. The molecule has 5 heteroatoms. The zero-order valence-electron chi connectivity index (χ0n) is 15.7. The van der Waals surface area contributed by atoms with Gasteiger partial charge in [-0.2, -0.15) is 0 Å². The summed E-state index contributed by atoms with van der Waals surface area (Å²) in [6, 6.07) is 14.8. The number of halogens is 1. The van der Waals surface area contributed by atoms with Crippen molar-refractivity contribution in [2.45, 2.75) is 45.3 Å². The van der Waals surface area contributed by atoms with Gasteiger partial charge in [0.2, 0.25) is 5.91 Å². The highest BCUT2D eigenvalue weighted by Gasteiger charge is 2.37. The van der Waals surface area contributed by atoms with Gasteiger partial charge < -0.3 is 10.2 Å². The Balaban J connectivity index is 1.74. The minimum atomic E-state index is -0.619. The van der Waals surface area contributed by atoms with E-state index in [1.165, 1.54) is 24.3 Å². The van der Waals surface area contributed by atoms with E-state index in [1.54, 1.807) is 0 Å². The van der Waals surface area contributed by atoms with E-state index in [9.17, 15) is 14.0 Å². The van der Waals surface area contributed by atoms with Crippen LogP contribution in [0, 0.1) is 11.7 Å². The van der Waals surface area contributed by atoms with E-state index < -0.39 is 11.9 Å². The van der Waals surface area contributed by atoms with Crippen LogP contribution in [0.5, 0.6) is 0 Å². The number of rotatable bonds is 7. The van der Waals surface area contributed by atoms with Crippen LogP contribution in [-0.4, -0.2) is 28.8 Å². The molecule has 0 aromatic heterocycles. The van der Waals surface area contributed by atoms with E-state index in [1.807, 2.05) is 49.1 Å². The molecule has 0 saturated heterocycles. The number of carbonyl (C=O) groups excluding carboxylic acids is 2. The highest BCUT2D eigenvalue weighted by molar-refractivity contribution is 5.97. The quantitative estimate of drug-likeness (QED) is 0.809. The van der Waals surface area contributed by atoms with Crippen LogP contribution in [0.25, 0.3) is 0 Å². The molecule has 0 aliphatic heterocycles. The molecule has 2 amide bonds. The van der Waals surface area contributed by atoms with Crippen molar-refractivity contribution < 1.29 is 14.0 Å². The zero-order valence-corrected chi connectivity index (χ0v) is 15.7. The predicted molar refractivity (Wildman–Crippen MR) is 103 cm³/mol. The molecule has 0 radical (unpaired) electrons. The Labute approximate surface area is 159 Å². The molecule has 4 nitrogen and oxygen atoms in total. The lowest BCUT2D eigenvalue weighted by atomic mass is 10.0. The molecular formula is C22H25FN2O2. The molecule has 0 spiro atoms. The molecule has 0 heterocycles. The summed E-state index contributed by atoms with van der Waals surface area (Å²) in [6.45, 7) is 4.38. The third kappa shape index (κ3) is 4.94. The Morgan fingerprint density at radius 1 is 1.07 bits per heavy atom. The monoisotopic (exact) mass is 368 g/mol. The zero-order chi connectivity index (χ0) is 19.4. The van der Waals surface area contributed by atoms with Crippen molar-refractivity contribution in [1.29, 1.82) is 0 Å². The van der Waals surface area contributed by atoms with Crippen molar-refractivity contribution in [3.8, 4) is 0 Å². The van der Waals surface area contributed by atoms with Gasteiger partial charge in [-0.25, -0.2) is 4.39 Å². The standard InChI is InChI=1S/C22H25FN2O2/c1-15(2)20(24-21(26)17-8-10-18(23)11-9-17)22(27)25(19-12-13-19)14-16-6-4-3-5-7-16/h3-11,15,19-20H,12-14H2,1-2H3,(H,24,26). The predicted octanol–water partition coefficient (Wildman–Crippen LogP) is 3.77. The van der Waals surface area contributed by atoms with Gasteiger partial charge >= 0.3 is 0 Å². The molecule has 2 aromatic carbocycles. The first kappa shape index (κ1) is 19.1. The third-order valence-electron chi connectivity index (χ3n) is 4.79. The van der Waals surface area contributed by atoms with Gasteiger partial charge in [0.1, 0.15) is 11.9 Å². The molecule has 1 atom stereocenters. The van der Waals surface area contributed by atoms with Crippen LogP contribution in [0.1, 0.15) is 42.6 Å². The number of carbonyl (C=O) groups is 2. The first-order valence-corrected chi connectivity index (χ1v) is 9.36. The van der Waals surface area contributed by atoms with Crippen LogP contribution in [0.15, 0.2) is 54.6 Å². The fourth-order valence-corrected chi connectivity index (χ4v) is 3.07. The smallest absolute Gasteiger partial charge is 0.251 e. The Bertz CT molecular complexity index is 786. The van der Waals surface area contributed by atoms with Gasteiger partial charge in [-0.1, -0.05) is 44.2 Å². The molecule has 1 fully saturated rings. The number of hydrogen-bond acceptors (Lipinski definition) is 2. The molecule has 27 heavy (non-hydrogen) atoms. The third-order valence-corrected chi connectivity index (χ3v) is 4.79. The van der Waals surface area contributed by atoms with Gasteiger partial charge in [-0.05, 0) is 48.6 Å².